The number of hydrogen-bond acceptors (Lipinski definition) is 7. The molecule has 184 valence electrons. The van der Waals surface area contributed by atoms with E-state index in [4.69, 9.17) is 9.97 Å². The van der Waals surface area contributed by atoms with Crippen molar-refractivity contribution in [2.45, 2.75) is 24.6 Å². The number of nitrogens with one attached hydrogen (secondary N) is 1. The molecule has 1 aliphatic carbocycles. The van der Waals surface area contributed by atoms with E-state index < -0.39 is 15.3 Å². The Kier molecular flexibility index (Phi) is 7.92. The average molecular weight is 489 g/mol. The molecule has 34 heavy (non-hydrogen) atoms. The van der Waals surface area contributed by atoms with Gasteiger partial charge in [-0.2, -0.15) is 4.31 Å². The van der Waals surface area contributed by atoms with Gasteiger partial charge in [0.05, 0.1) is 17.3 Å². The highest BCUT2D eigenvalue weighted by molar-refractivity contribution is 7.89. The maximum atomic E-state index is 13.2. The monoisotopic (exact) mass is 488 g/mol. The van der Waals surface area contributed by atoms with Gasteiger partial charge in [0, 0.05) is 38.1 Å². The summed E-state index contributed by atoms with van der Waals surface area (Å²) in [6.45, 7) is 4.39. The molecule has 2 heterocycles. The molecule has 0 saturated carbocycles. The number of halogens is 1. The summed E-state index contributed by atoms with van der Waals surface area (Å²) >= 11 is 0. The first-order valence-corrected chi connectivity index (χ1v) is 13.2. The van der Waals surface area contributed by atoms with Crippen LogP contribution in [0, 0.1) is 0 Å². The lowest BCUT2D eigenvalue weighted by Crippen LogP contribution is -2.50. The predicted molar refractivity (Wildman–Crippen MR) is 134 cm³/mol. The number of hydrogen-bond donors (Lipinski definition) is 1. The van der Waals surface area contributed by atoms with Gasteiger partial charge in [0.2, 0.25) is 10.0 Å². The van der Waals surface area contributed by atoms with Crippen LogP contribution >= 0.6 is 0 Å². The smallest absolute Gasteiger partial charge is 0.220 e. The van der Waals surface area contributed by atoms with Crippen molar-refractivity contribution < 1.29 is 12.8 Å². The van der Waals surface area contributed by atoms with Crippen LogP contribution in [0.3, 0.4) is 0 Å². The molecule has 4 rings (SSSR count). The van der Waals surface area contributed by atoms with Crippen molar-refractivity contribution >= 4 is 26.7 Å². The van der Waals surface area contributed by atoms with Crippen LogP contribution in [0.5, 0.6) is 0 Å². The Morgan fingerprint density at radius 3 is 2.62 bits per heavy atom. The number of aromatic nitrogens is 2. The van der Waals surface area contributed by atoms with Crippen LogP contribution < -0.4 is 5.32 Å². The third-order valence-electron chi connectivity index (χ3n) is 6.18. The minimum Gasteiger partial charge on any atom is -0.369 e. The van der Waals surface area contributed by atoms with E-state index in [0.29, 0.717) is 32.7 Å². The Labute approximate surface area is 201 Å². The summed E-state index contributed by atoms with van der Waals surface area (Å²) in [5.74, 6) is 1.18. The summed E-state index contributed by atoms with van der Waals surface area (Å²) in [4.78, 5) is 13.9. The number of fused-ring (bicyclic) bond motifs is 1. The van der Waals surface area contributed by atoms with Gasteiger partial charge in [-0.15, -0.1) is 0 Å². The molecule has 2 aromatic rings. The van der Waals surface area contributed by atoms with E-state index in [1.54, 1.807) is 0 Å². The molecule has 1 N–H and O–H groups in total. The minimum absolute atomic E-state index is 0.181. The van der Waals surface area contributed by atoms with Gasteiger partial charge in [0.15, 0.2) is 0 Å². The van der Waals surface area contributed by atoms with E-state index in [2.05, 4.69) is 29.2 Å². The van der Waals surface area contributed by atoms with Crippen LogP contribution in [0.25, 0.3) is 10.9 Å². The number of sulfonamides is 1. The molecule has 1 atom stereocenters. The van der Waals surface area contributed by atoms with E-state index in [-0.39, 0.29) is 12.2 Å². The molecule has 0 amide bonds. The number of para-hydroxylation sites is 1. The molecule has 1 aromatic heterocycles. The zero-order valence-corrected chi connectivity index (χ0v) is 20.6. The fourth-order valence-electron chi connectivity index (χ4n) is 4.26. The third kappa shape index (κ3) is 5.99. The lowest BCUT2D eigenvalue weighted by Gasteiger charge is -2.35. The van der Waals surface area contributed by atoms with Gasteiger partial charge >= 0.3 is 0 Å². The first kappa shape index (κ1) is 24.7. The zero-order valence-electron chi connectivity index (χ0n) is 19.8. The molecule has 0 radical (unpaired) electrons. The molecule has 0 bridgehead atoms. The Morgan fingerprint density at radius 1 is 1.15 bits per heavy atom. The second-order valence-corrected chi connectivity index (χ2v) is 11.2. The highest BCUT2D eigenvalue weighted by Crippen LogP contribution is 2.23. The highest BCUT2D eigenvalue weighted by Gasteiger charge is 2.33. The second-order valence-electron chi connectivity index (χ2n) is 9.03. The van der Waals surface area contributed by atoms with Crippen LogP contribution in [0.1, 0.15) is 18.7 Å². The van der Waals surface area contributed by atoms with Gasteiger partial charge in [-0.25, -0.2) is 22.8 Å². The summed E-state index contributed by atoms with van der Waals surface area (Å²) < 4.78 is 40.6. The van der Waals surface area contributed by atoms with Crippen LogP contribution in [0.15, 0.2) is 48.3 Å². The molecule has 1 aromatic carbocycles. The largest absolute Gasteiger partial charge is 0.369 e. The van der Waals surface area contributed by atoms with E-state index in [0.717, 1.165) is 42.1 Å². The van der Waals surface area contributed by atoms with Crippen LogP contribution in [-0.2, 0) is 16.6 Å². The summed E-state index contributed by atoms with van der Waals surface area (Å²) in [5, 5.41) is 3.77. The number of rotatable bonds is 9. The van der Waals surface area contributed by atoms with Gasteiger partial charge < -0.3 is 10.2 Å². The first-order valence-electron chi connectivity index (χ1n) is 11.7. The van der Waals surface area contributed by atoms with Crippen molar-refractivity contribution in [3.8, 4) is 0 Å². The lowest BCUT2D eigenvalue weighted by molar-refractivity contribution is 0.178. The zero-order chi connectivity index (χ0) is 24.1. The molecule has 1 fully saturated rings. The minimum atomic E-state index is -3.50. The first-order chi connectivity index (χ1) is 16.3. The lowest BCUT2D eigenvalue weighted by atomic mass is 10.2. The van der Waals surface area contributed by atoms with Crippen molar-refractivity contribution in [1.82, 2.24) is 24.1 Å². The van der Waals surface area contributed by atoms with Crippen LogP contribution in [0.4, 0.5) is 10.2 Å². The number of nitrogens with zero attached hydrogens (tertiary/aromatic N) is 5. The van der Waals surface area contributed by atoms with Gasteiger partial charge in [-0.1, -0.05) is 18.2 Å². The predicted octanol–water partition coefficient (Wildman–Crippen LogP) is 2.62. The van der Waals surface area contributed by atoms with E-state index in [1.165, 1.54) is 22.5 Å². The summed E-state index contributed by atoms with van der Waals surface area (Å²) in [7, 11) is 0.627. The van der Waals surface area contributed by atoms with Gasteiger partial charge in [-0.05, 0) is 57.8 Å². The molecule has 1 saturated heterocycles. The highest BCUT2D eigenvalue weighted by atomic mass is 32.2. The summed E-state index contributed by atoms with van der Waals surface area (Å²) in [5.41, 5.74) is 0.896. The molecule has 8 nitrogen and oxygen atoms in total. The summed E-state index contributed by atoms with van der Waals surface area (Å²) in [6.07, 6.45) is 5.22. The fourth-order valence-corrected chi connectivity index (χ4v) is 5.93. The van der Waals surface area contributed by atoms with E-state index >= 15 is 0 Å². The fraction of sp³-hybridized carbons (Fsp3) is 0.500. The topological polar surface area (TPSA) is 81.7 Å². The van der Waals surface area contributed by atoms with E-state index in [1.807, 2.05) is 24.3 Å². The normalized spacial score (nSPS) is 20.1. The van der Waals surface area contributed by atoms with Crippen molar-refractivity contribution in [2.24, 2.45) is 0 Å². The quantitative estimate of drug-likeness (QED) is 0.544. The molecular weight excluding hydrogens is 455 g/mol. The number of allylic oxidation sites excluding steroid dienone is 3. The van der Waals surface area contributed by atoms with Crippen LogP contribution in [-0.4, -0.2) is 91.1 Å². The molecule has 10 heteroatoms. The third-order valence-corrected chi connectivity index (χ3v) is 8.38. The molecule has 2 aliphatic rings. The molecule has 1 unspecified atom stereocenters. The van der Waals surface area contributed by atoms with Crippen molar-refractivity contribution in [2.75, 3.05) is 58.7 Å². The summed E-state index contributed by atoms with van der Waals surface area (Å²) in [6, 6.07) is 7.98. The Hall–Kier alpha value is -2.40. The van der Waals surface area contributed by atoms with Crippen molar-refractivity contribution in [1.29, 1.82) is 0 Å². The number of benzene rings is 1. The second kappa shape index (κ2) is 10.9. The number of anilines is 1. The van der Waals surface area contributed by atoms with Crippen molar-refractivity contribution in [3.05, 3.63) is 54.1 Å². The molecular formula is C24H33FN6O2S. The van der Waals surface area contributed by atoms with E-state index in [9.17, 15) is 12.8 Å². The molecule has 1 aliphatic heterocycles. The van der Waals surface area contributed by atoms with Gasteiger partial charge in [0.1, 0.15) is 17.5 Å². The van der Waals surface area contributed by atoms with Gasteiger partial charge in [-0.3, -0.25) is 4.90 Å². The maximum Gasteiger partial charge on any atom is 0.220 e. The Morgan fingerprint density at radius 2 is 1.91 bits per heavy atom. The van der Waals surface area contributed by atoms with Crippen LogP contribution in [0.2, 0.25) is 0 Å². The average Bonchev–Trinajstić information content (AvgIpc) is 2.82. The maximum absolute atomic E-state index is 13.2. The Balaban J connectivity index is 1.39. The molecule has 0 spiro atoms. The van der Waals surface area contributed by atoms with Gasteiger partial charge in [0.25, 0.3) is 0 Å². The standard InChI is InChI=1S/C24H33FN6O2S/c1-29(2)13-5-12-26-24-21-6-3-4-7-22(21)27-23(28-24)18-30-14-16-31(17-15-30)34(32,33)20-10-8-19(25)9-11-20/h3-4,6-10,20H,5,11-18H2,1-2H3,(H,26,27,28). The number of piperazine rings is 1. The van der Waals surface area contributed by atoms with Crippen molar-refractivity contribution in [3.63, 3.8) is 0 Å². The SMILES string of the molecule is CN(C)CCCNc1nc(CN2CCN(S(=O)(=O)C3C=CC(F)=CC3)CC2)nc2ccccc12. The Bertz CT molecular complexity index is 1160.